The quantitative estimate of drug-likeness (QED) is 0.352. The molecular formula is C23H20FN5OS. The van der Waals surface area contributed by atoms with E-state index in [1.54, 1.807) is 23.0 Å². The van der Waals surface area contributed by atoms with E-state index in [1.165, 1.54) is 35.8 Å². The number of carbonyl (C=O) groups excluding carboxylic acids is 1. The molecule has 1 atom stereocenters. The summed E-state index contributed by atoms with van der Waals surface area (Å²) in [6, 6.07) is 14.2. The van der Waals surface area contributed by atoms with Gasteiger partial charge in [0.1, 0.15) is 17.2 Å². The van der Waals surface area contributed by atoms with E-state index in [1.807, 2.05) is 30.0 Å². The highest BCUT2D eigenvalue weighted by molar-refractivity contribution is 8.00. The van der Waals surface area contributed by atoms with Crippen molar-refractivity contribution in [2.45, 2.75) is 30.0 Å². The highest BCUT2D eigenvalue weighted by Gasteiger charge is 2.27. The zero-order valence-electron chi connectivity index (χ0n) is 16.9. The fraction of sp³-hybridized carbons (Fsp3) is 0.217. The van der Waals surface area contributed by atoms with Gasteiger partial charge in [-0.3, -0.25) is 4.79 Å². The molecule has 0 aliphatic carbocycles. The minimum Gasteiger partial charge on any atom is -0.311 e. The van der Waals surface area contributed by atoms with Crippen molar-refractivity contribution in [2.75, 3.05) is 11.4 Å². The minimum absolute atomic E-state index is 0.0647. The van der Waals surface area contributed by atoms with Crippen molar-refractivity contribution >= 4 is 34.4 Å². The molecule has 1 unspecified atom stereocenters. The molecule has 2 aromatic heterocycles. The lowest BCUT2D eigenvalue weighted by molar-refractivity contribution is -0.117. The van der Waals surface area contributed by atoms with Gasteiger partial charge in [-0.25, -0.2) is 19.0 Å². The Balaban J connectivity index is 1.42. The molecule has 0 saturated carbocycles. The van der Waals surface area contributed by atoms with Gasteiger partial charge in [-0.1, -0.05) is 30.0 Å². The van der Waals surface area contributed by atoms with E-state index in [0.29, 0.717) is 16.4 Å². The van der Waals surface area contributed by atoms with Crippen LogP contribution in [0.3, 0.4) is 0 Å². The lowest BCUT2D eigenvalue weighted by Crippen LogP contribution is -2.40. The van der Waals surface area contributed by atoms with Gasteiger partial charge in [0.15, 0.2) is 5.65 Å². The Hall–Kier alpha value is -3.26. The van der Waals surface area contributed by atoms with Crippen LogP contribution in [0.1, 0.15) is 18.9 Å². The summed E-state index contributed by atoms with van der Waals surface area (Å²) in [5.74, 6) is -0.243. The van der Waals surface area contributed by atoms with Crippen LogP contribution < -0.4 is 4.90 Å². The predicted molar refractivity (Wildman–Crippen MR) is 119 cm³/mol. The Labute approximate surface area is 183 Å². The first kappa shape index (κ1) is 19.7. The third-order valence-corrected chi connectivity index (χ3v) is 6.52. The lowest BCUT2D eigenvalue weighted by atomic mass is 10.0. The molecular weight excluding hydrogens is 413 g/mol. The maximum atomic E-state index is 13.3. The monoisotopic (exact) mass is 433 g/mol. The number of amides is 1. The van der Waals surface area contributed by atoms with Gasteiger partial charge in [0, 0.05) is 12.2 Å². The van der Waals surface area contributed by atoms with Gasteiger partial charge in [0.25, 0.3) is 0 Å². The van der Waals surface area contributed by atoms with Crippen LogP contribution in [0.5, 0.6) is 0 Å². The number of para-hydroxylation sites is 1. The van der Waals surface area contributed by atoms with Crippen LogP contribution in [-0.4, -0.2) is 37.5 Å². The van der Waals surface area contributed by atoms with Crippen LogP contribution in [0.4, 0.5) is 10.1 Å². The molecule has 1 amide bonds. The van der Waals surface area contributed by atoms with Crippen molar-refractivity contribution < 1.29 is 9.18 Å². The van der Waals surface area contributed by atoms with Crippen LogP contribution in [0.25, 0.3) is 16.7 Å². The Morgan fingerprint density at radius 1 is 1.13 bits per heavy atom. The zero-order valence-corrected chi connectivity index (χ0v) is 17.7. The minimum atomic E-state index is -0.321. The van der Waals surface area contributed by atoms with Crippen LogP contribution in [-0.2, 0) is 11.2 Å². The molecule has 1 aliphatic rings. The summed E-state index contributed by atoms with van der Waals surface area (Å²) in [4.78, 5) is 23.9. The number of fused-ring (bicyclic) bond motifs is 2. The second-order valence-corrected chi connectivity index (χ2v) is 8.76. The molecule has 4 aromatic rings. The summed E-state index contributed by atoms with van der Waals surface area (Å²) < 4.78 is 14.9. The molecule has 31 heavy (non-hydrogen) atoms. The van der Waals surface area contributed by atoms with Crippen molar-refractivity contribution in [1.82, 2.24) is 19.7 Å². The van der Waals surface area contributed by atoms with Gasteiger partial charge in [0.05, 0.1) is 22.5 Å². The summed E-state index contributed by atoms with van der Waals surface area (Å²) in [6.07, 6.45) is 5.12. The number of aryl methyl sites for hydroxylation is 1. The summed E-state index contributed by atoms with van der Waals surface area (Å²) in [5, 5.41) is 5.55. The summed E-state index contributed by atoms with van der Waals surface area (Å²) in [5.41, 5.74) is 3.54. The predicted octanol–water partition coefficient (Wildman–Crippen LogP) is 4.41. The van der Waals surface area contributed by atoms with Crippen molar-refractivity contribution in [2.24, 2.45) is 0 Å². The van der Waals surface area contributed by atoms with E-state index in [0.717, 1.165) is 30.5 Å². The van der Waals surface area contributed by atoms with Crippen LogP contribution >= 0.6 is 11.8 Å². The van der Waals surface area contributed by atoms with E-state index in [4.69, 9.17) is 0 Å². The van der Waals surface area contributed by atoms with Gasteiger partial charge in [-0.15, -0.1) is 0 Å². The number of anilines is 1. The molecule has 8 heteroatoms. The van der Waals surface area contributed by atoms with Gasteiger partial charge >= 0.3 is 0 Å². The highest BCUT2D eigenvalue weighted by Crippen LogP contribution is 2.33. The molecule has 3 heterocycles. The number of thioether (sulfide) groups is 1. The number of hydrogen-bond acceptors (Lipinski definition) is 5. The first-order valence-corrected chi connectivity index (χ1v) is 11.0. The maximum absolute atomic E-state index is 13.3. The summed E-state index contributed by atoms with van der Waals surface area (Å²) in [7, 11) is 0. The number of benzene rings is 2. The molecule has 0 radical (unpaired) electrons. The van der Waals surface area contributed by atoms with E-state index in [-0.39, 0.29) is 17.0 Å². The van der Waals surface area contributed by atoms with Gasteiger partial charge in [-0.2, -0.15) is 5.10 Å². The van der Waals surface area contributed by atoms with E-state index < -0.39 is 0 Å². The highest BCUT2D eigenvalue weighted by atomic mass is 32.2. The molecule has 0 N–H and O–H groups in total. The van der Waals surface area contributed by atoms with E-state index >= 15 is 0 Å². The largest absolute Gasteiger partial charge is 0.311 e. The maximum Gasteiger partial charge on any atom is 0.240 e. The standard InChI is InChI=1S/C23H20FN5OS/c1-15(23(30)28-12-4-6-16-5-2-3-7-20(16)28)31-22-19-13-27-29(21(19)25-14-26-22)18-10-8-17(24)9-11-18/h2-3,5,7-11,13-15H,4,6,12H2,1H3. The fourth-order valence-corrected chi connectivity index (χ4v) is 4.83. The van der Waals surface area contributed by atoms with Crippen LogP contribution in [0.2, 0.25) is 0 Å². The smallest absolute Gasteiger partial charge is 0.240 e. The molecule has 0 saturated heterocycles. The van der Waals surface area contributed by atoms with Crippen molar-refractivity contribution in [3.8, 4) is 5.69 Å². The Kier molecular flexibility index (Phi) is 5.15. The van der Waals surface area contributed by atoms with Gasteiger partial charge in [0.2, 0.25) is 5.91 Å². The molecule has 0 fully saturated rings. The van der Waals surface area contributed by atoms with Crippen molar-refractivity contribution in [1.29, 1.82) is 0 Å². The molecule has 5 rings (SSSR count). The molecule has 156 valence electrons. The number of carbonyl (C=O) groups is 1. The third-order valence-electron chi connectivity index (χ3n) is 5.41. The normalized spacial score (nSPS) is 14.5. The molecule has 1 aliphatic heterocycles. The molecule has 2 aromatic carbocycles. The number of hydrogen-bond donors (Lipinski definition) is 0. The Morgan fingerprint density at radius 2 is 1.94 bits per heavy atom. The van der Waals surface area contributed by atoms with Crippen molar-refractivity contribution in [3.05, 3.63) is 72.4 Å². The van der Waals surface area contributed by atoms with E-state index in [2.05, 4.69) is 21.1 Å². The second-order valence-electron chi connectivity index (χ2n) is 7.43. The Morgan fingerprint density at radius 3 is 2.77 bits per heavy atom. The number of aromatic nitrogens is 4. The Bertz CT molecular complexity index is 1260. The fourth-order valence-electron chi connectivity index (χ4n) is 3.89. The van der Waals surface area contributed by atoms with Gasteiger partial charge in [-0.05, 0) is 55.7 Å². The second kappa shape index (κ2) is 8.11. The lowest BCUT2D eigenvalue weighted by Gasteiger charge is -2.31. The number of halogens is 1. The zero-order chi connectivity index (χ0) is 21.4. The topological polar surface area (TPSA) is 63.9 Å². The average molecular weight is 434 g/mol. The summed E-state index contributed by atoms with van der Waals surface area (Å²) in [6.45, 7) is 2.63. The van der Waals surface area contributed by atoms with Crippen LogP contribution in [0.15, 0.2) is 66.1 Å². The number of rotatable bonds is 4. The van der Waals surface area contributed by atoms with Crippen LogP contribution in [0, 0.1) is 5.82 Å². The number of nitrogens with zero attached hydrogens (tertiary/aromatic N) is 5. The van der Waals surface area contributed by atoms with Crippen molar-refractivity contribution in [3.63, 3.8) is 0 Å². The third kappa shape index (κ3) is 3.67. The first-order valence-electron chi connectivity index (χ1n) is 10.1. The molecule has 0 bridgehead atoms. The van der Waals surface area contributed by atoms with E-state index in [9.17, 15) is 9.18 Å². The average Bonchev–Trinajstić information content (AvgIpc) is 3.24. The SMILES string of the molecule is CC(Sc1ncnc2c1cnn2-c1ccc(F)cc1)C(=O)N1CCCc2ccccc21. The first-order chi connectivity index (χ1) is 15.1. The molecule has 6 nitrogen and oxygen atoms in total. The molecule has 0 spiro atoms. The summed E-state index contributed by atoms with van der Waals surface area (Å²) >= 11 is 1.40. The van der Waals surface area contributed by atoms with Gasteiger partial charge < -0.3 is 4.90 Å².